The number of ether oxygens (including phenoxy) is 1. The van der Waals surface area contributed by atoms with Crippen LogP contribution in [-0.4, -0.2) is 63.8 Å². The van der Waals surface area contributed by atoms with E-state index in [4.69, 9.17) is 9.84 Å². The van der Waals surface area contributed by atoms with Gasteiger partial charge >= 0.3 is 5.97 Å². The van der Waals surface area contributed by atoms with E-state index in [2.05, 4.69) is 15.2 Å². The normalized spacial score (nSPS) is 16.7. The highest BCUT2D eigenvalue weighted by Gasteiger charge is 2.18. The Labute approximate surface area is 112 Å². The molecule has 0 unspecified atom stereocenters. The number of hydrogen-bond donors (Lipinski definition) is 1. The zero-order valence-corrected chi connectivity index (χ0v) is 11.2. The Bertz CT molecular complexity index is 427. The van der Waals surface area contributed by atoms with E-state index in [1.165, 1.54) is 0 Å². The predicted octanol–water partition coefficient (Wildman–Crippen LogP) is 0.261. The molecule has 1 saturated heterocycles. The molecule has 7 nitrogen and oxygen atoms in total. The van der Waals surface area contributed by atoms with Crippen molar-refractivity contribution in [2.45, 2.75) is 26.3 Å². The third-order valence-electron chi connectivity index (χ3n) is 3.26. The van der Waals surface area contributed by atoms with Crippen LogP contribution in [-0.2, 0) is 17.7 Å². The van der Waals surface area contributed by atoms with Gasteiger partial charge in [-0.1, -0.05) is 18.6 Å². The number of carbonyl (C=O) groups is 1. The van der Waals surface area contributed by atoms with Gasteiger partial charge in [0.05, 0.1) is 25.5 Å². The van der Waals surface area contributed by atoms with Gasteiger partial charge in [0.25, 0.3) is 0 Å². The molecule has 1 aromatic rings. The summed E-state index contributed by atoms with van der Waals surface area (Å²) in [6, 6.07) is 0. The summed E-state index contributed by atoms with van der Waals surface area (Å²) in [5.41, 5.74) is 0.812. The molecule has 1 N–H and O–H groups in total. The van der Waals surface area contributed by atoms with Crippen LogP contribution in [0.25, 0.3) is 0 Å². The molecule has 7 heteroatoms. The lowest BCUT2D eigenvalue weighted by Gasteiger charge is -2.26. The van der Waals surface area contributed by atoms with Gasteiger partial charge in [-0.15, -0.1) is 5.10 Å². The first kappa shape index (κ1) is 14.0. The first-order chi connectivity index (χ1) is 9.22. The van der Waals surface area contributed by atoms with Gasteiger partial charge in [0.1, 0.15) is 0 Å². The number of aromatic nitrogens is 3. The Kier molecular flexibility index (Phi) is 4.86. The van der Waals surface area contributed by atoms with Gasteiger partial charge in [-0.05, 0) is 6.42 Å². The Morgan fingerprint density at radius 2 is 2.11 bits per heavy atom. The average molecular weight is 268 g/mol. The number of carboxylic acids is 1. The highest BCUT2D eigenvalue weighted by atomic mass is 16.5. The molecular weight excluding hydrogens is 248 g/mol. The van der Waals surface area contributed by atoms with Crippen molar-refractivity contribution in [3.63, 3.8) is 0 Å². The molecule has 0 aliphatic carbocycles. The van der Waals surface area contributed by atoms with Crippen molar-refractivity contribution >= 4 is 5.97 Å². The monoisotopic (exact) mass is 268 g/mol. The van der Waals surface area contributed by atoms with Gasteiger partial charge in [0.15, 0.2) is 5.69 Å². The molecule has 1 aliphatic rings. The molecule has 0 aromatic carbocycles. The van der Waals surface area contributed by atoms with Crippen LogP contribution in [0.1, 0.15) is 29.5 Å². The van der Waals surface area contributed by atoms with Crippen LogP contribution in [0.15, 0.2) is 0 Å². The number of rotatable bonds is 6. The minimum absolute atomic E-state index is 0.0869. The van der Waals surface area contributed by atoms with Gasteiger partial charge in [0, 0.05) is 19.6 Å². The van der Waals surface area contributed by atoms with Crippen LogP contribution < -0.4 is 0 Å². The molecule has 1 aromatic heterocycles. The smallest absolute Gasteiger partial charge is 0.358 e. The largest absolute Gasteiger partial charge is 0.476 e. The minimum Gasteiger partial charge on any atom is -0.476 e. The second-order valence-corrected chi connectivity index (χ2v) is 4.62. The summed E-state index contributed by atoms with van der Waals surface area (Å²) in [6.07, 6.45) is 1.57. The molecule has 1 aliphatic heterocycles. The lowest BCUT2D eigenvalue weighted by atomic mass is 10.2. The second kappa shape index (κ2) is 6.63. The zero-order valence-electron chi connectivity index (χ0n) is 11.2. The molecule has 0 saturated carbocycles. The highest BCUT2D eigenvalue weighted by molar-refractivity contribution is 5.86. The fraction of sp³-hybridized carbons (Fsp3) is 0.750. The molecule has 0 spiro atoms. The molecule has 2 heterocycles. The molecule has 0 amide bonds. The van der Waals surface area contributed by atoms with Crippen LogP contribution in [0.2, 0.25) is 0 Å². The fourth-order valence-corrected chi connectivity index (χ4v) is 2.22. The summed E-state index contributed by atoms with van der Waals surface area (Å²) in [4.78, 5) is 13.4. The van der Waals surface area contributed by atoms with Gasteiger partial charge in [-0.25, -0.2) is 9.48 Å². The molecule has 0 atom stereocenters. The maximum atomic E-state index is 11.1. The van der Waals surface area contributed by atoms with Crippen molar-refractivity contribution in [2.75, 3.05) is 32.8 Å². The maximum absolute atomic E-state index is 11.1. The maximum Gasteiger partial charge on any atom is 0.358 e. The third kappa shape index (κ3) is 3.51. The summed E-state index contributed by atoms with van der Waals surface area (Å²) in [5, 5.41) is 16.8. The summed E-state index contributed by atoms with van der Waals surface area (Å²) < 4.78 is 7.02. The van der Waals surface area contributed by atoms with Crippen LogP contribution in [0.4, 0.5) is 0 Å². The molecule has 1 fully saturated rings. The highest BCUT2D eigenvalue weighted by Crippen LogP contribution is 2.09. The van der Waals surface area contributed by atoms with Crippen molar-refractivity contribution in [3.8, 4) is 0 Å². The number of carboxylic acid groups (broad SMARTS) is 1. The van der Waals surface area contributed by atoms with Crippen molar-refractivity contribution < 1.29 is 14.6 Å². The van der Waals surface area contributed by atoms with Crippen LogP contribution in [0, 0.1) is 0 Å². The van der Waals surface area contributed by atoms with Gasteiger partial charge in [-0.2, -0.15) is 0 Å². The van der Waals surface area contributed by atoms with Crippen molar-refractivity contribution in [1.29, 1.82) is 0 Å². The van der Waals surface area contributed by atoms with Crippen LogP contribution in [0.3, 0.4) is 0 Å². The van der Waals surface area contributed by atoms with E-state index in [9.17, 15) is 4.79 Å². The standard InChI is InChI=1S/C12H20N4O3/c1-2-3-10-11(12(17)18)13-14-16(10)5-4-15-6-8-19-9-7-15/h2-9H2,1H3,(H,17,18). The van der Waals surface area contributed by atoms with E-state index in [0.717, 1.165) is 45.0 Å². The van der Waals surface area contributed by atoms with E-state index in [0.29, 0.717) is 13.0 Å². The van der Waals surface area contributed by atoms with E-state index < -0.39 is 5.97 Å². The molecule has 2 rings (SSSR count). The van der Waals surface area contributed by atoms with E-state index in [1.54, 1.807) is 4.68 Å². The number of hydrogen-bond acceptors (Lipinski definition) is 5. The predicted molar refractivity (Wildman–Crippen MR) is 68.2 cm³/mol. The Balaban J connectivity index is 2.00. The third-order valence-corrected chi connectivity index (χ3v) is 3.26. The molecular formula is C12H20N4O3. The molecule has 106 valence electrons. The quantitative estimate of drug-likeness (QED) is 0.797. The van der Waals surface area contributed by atoms with E-state index in [-0.39, 0.29) is 5.69 Å². The van der Waals surface area contributed by atoms with Crippen molar-refractivity contribution in [3.05, 3.63) is 11.4 Å². The summed E-state index contributed by atoms with van der Waals surface area (Å²) in [6.45, 7) is 6.91. The Morgan fingerprint density at radius 3 is 2.74 bits per heavy atom. The lowest BCUT2D eigenvalue weighted by molar-refractivity contribution is 0.0358. The number of aromatic carboxylic acids is 1. The van der Waals surface area contributed by atoms with Crippen LogP contribution >= 0.6 is 0 Å². The van der Waals surface area contributed by atoms with Crippen molar-refractivity contribution in [2.24, 2.45) is 0 Å². The fourth-order valence-electron chi connectivity index (χ4n) is 2.22. The van der Waals surface area contributed by atoms with Gasteiger partial charge < -0.3 is 9.84 Å². The van der Waals surface area contributed by atoms with Crippen molar-refractivity contribution in [1.82, 2.24) is 19.9 Å². The molecule has 19 heavy (non-hydrogen) atoms. The second-order valence-electron chi connectivity index (χ2n) is 4.62. The first-order valence-electron chi connectivity index (χ1n) is 6.68. The minimum atomic E-state index is -0.999. The van der Waals surface area contributed by atoms with Gasteiger partial charge in [-0.3, -0.25) is 4.90 Å². The summed E-state index contributed by atoms with van der Waals surface area (Å²) in [7, 11) is 0. The van der Waals surface area contributed by atoms with Crippen LogP contribution in [0.5, 0.6) is 0 Å². The molecule has 0 bridgehead atoms. The van der Waals surface area contributed by atoms with Gasteiger partial charge in [0.2, 0.25) is 0 Å². The SMILES string of the molecule is CCCc1c(C(=O)O)nnn1CCN1CCOCC1. The molecule has 0 radical (unpaired) electrons. The number of nitrogens with zero attached hydrogens (tertiary/aromatic N) is 4. The average Bonchev–Trinajstić information content (AvgIpc) is 2.81. The Hall–Kier alpha value is -1.47. The summed E-state index contributed by atoms with van der Waals surface area (Å²) >= 11 is 0. The topological polar surface area (TPSA) is 80.5 Å². The van der Waals surface area contributed by atoms with E-state index in [1.807, 2.05) is 6.92 Å². The number of morpholine rings is 1. The summed E-state index contributed by atoms with van der Waals surface area (Å²) in [5.74, 6) is -0.999. The first-order valence-corrected chi connectivity index (χ1v) is 6.68. The lowest BCUT2D eigenvalue weighted by Crippen LogP contribution is -2.38. The Morgan fingerprint density at radius 1 is 1.37 bits per heavy atom. The zero-order chi connectivity index (χ0) is 13.7. The van der Waals surface area contributed by atoms with E-state index >= 15 is 0 Å².